The number of nitrogens with zero attached hydrogens (tertiary/aromatic N) is 6. The van der Waals surface area contributed by atoms with Crippen LogP contribution in [0.25, 0.3) is 0 Å². The first-order valence-corrected chi connectivity index (χ1v) is 9.45. The zero-order valence-corrected chi connectivity index (χ0v) is 15.3. The summed E-state index contributed by atoms with van der Waals surface area (Å²) in [5, 5.41) is 4.06. The predicted molar refractivity (Wildman–Crippen MR) is 101 cm³/mol. The summed E-state index contributed by atoms with van der Waals surface area (Å²) < 4.78 is 3.91. The average Bonchev–Trinajstić information content (AvgIpc) is 3.39. The molecule has 0 radical (unpaired) electrons. The third kappa shape index (κ3) is 4.24. The van der Waals surface area contributed by atoms with Crippen LogP contribution >= 0.6 is 0 Å². The van der Waals surface area contributed by atoms with Crippen LogP contribution in [0.2, 0.25) is 0 Å². The van der Waals surface area contributed by atoms with Crippen LogP contribution in [-0.2, 0) is 17.9 Å². The molecule has 0 aliphatic carbocycles. The highest BCUT2D eigenvalue weighted by Crippen LogP contribution is 2.26. The molecule has 1 aliphatic rings. The number of rotatable bonds is 6. The first-order valence-electron chi connectivity index (χ1n) is 9.45. The van der Waals surface area contributed by atoms with E-state index in [4.69, 9.17) is 0 Å². The Morgan fingerprint density at radius 1 is 1.22 bits per heavy atom. The molecule has 0 saturated carbocycles. The van der Waals surface area contributed by atoms with Gasteiger partial charge < -0.3 is 9.47 Å². The smallest absolute Gasteiger partial charge is 0.224 e. The molecule has 3 aromatic rings. The Morgan fingerprint density at radius 2 is 2.11 bits per heavy atom. The van der Waals surface area contributed by atoms with Crippen molar-refractivity contribution in [2.45, 2.75) is 38.3 Å². The van der Waals surface area contributed by atoms with E-state index in [0.29, 0.717) is 13.0 Å². The fourth-order valence-corrected chi connectivity index (χ4v) is 3.73. The zero-order valence-electron chi connectivity index (χ0n) is 15.3. The largest absolute Gasteiger partial charge is 0.342 e. The van der Waals surface area contributed by atoms with Gasteiger partial charge in [0.1, 0.15) is 18.5 Å². The number of carbonyl (C=O) groups is 1. The maximum atomic E-state index is 12.6. The summed E-state index contributed by atoms with van der Waals surface area (Å²) in [4.78, 5) is 23.1. The summed E-state index contributed by atoms with van der Waals surface area (Å²) in [6.07, 6.45) is 9.57. The lowest BCUT2D eigenvalue weighted by Gasteiger charge is -2.32. The normalized spacial score (nSPS) is 17.2. The van der Waals surface area contributed by atoms with Crippen LogP contribution in [0.15, 0.2) is 55.4 Å². The Morgan fingerprint density at radius 3 is 2.93 bits per heavy atom. The first-order chi connectivity index (χ1) is 13.3. The summed E-state index contributed by atoms with van der Waals surface area (Å²) in [7, 11) is 0. The molecule has 3 heterocycles. The number of aryl methyl sites for hydroxylation is 1. The molecule has 0 spiro atoms. The van der Waals surface area contributed by atoms with Crippen LogP contribution in [0.1, 0.15) is 36.6 Å². The Hall–Kier alpha value is -2.96. The third-order valence-corrected chi connectivity index (χ3v) is 5.10. The lowest BCUT2D eigenvalue weighted by molar-refractivity contribution is -0.132. The minimum absolute atomic E-state index is 0.177. The maximum absolute atomic E-state index is 12.6. The summed E-state index contributed by atoms with van der Waals surface area (Å²) in [5.41, 5.74) is 1.26. The number of carbonyl (C=O) groups excluding carboxylic acids is 1. The summed E-state index contributed by atoms with van der Waals surface area (Å²) in [5.74, 6) is 1.54. The second-order valence-corrected chi connectivity index (χ2v) is 6.99. The van der Waals surface area contributed by atoms with Gasteiger partial charge in [0.25, 0.3) is 0 Å². The molecule has 1 unspecified atom stereocenters. The average molecular weight is 364 g/mol. The monoisotopic (exact) mass is 364 g/mol. The SMILES string of the molecule is O=C(CCn1cncn1)N1CCCC(c2nccn2Cc2ccccc2)C1. The number of likely N-dealkylation sites (tertiary alicyclic amines) is 1. The number of hydrogen-bond donors (Lipinski definition) is 0. The van der Waals surface area contributed by atoms with E-state index in [1.165, 1.54) is 11.9 Å². The van der Waals surface area contributed by atoms with E-state index in [2.05, 4.69) is 43.9 Å². The Bertz CT molecular complexity index is 858. The van der Waals surface area contributed by atoms with Crippen LogP contribution in [-0.4, -0.2) is 48.2 Å². The molecule has 1 aliphatic heterocycles. The lowest BCUT2D eigenvalue weighted by atomic mass is 9.96. The Balaban J connectivity index is 1.40. The van der Waals surface area contributed by atoms with Crippen molar-refractivity contribution >= 4 is 5.91 Å². The van der Waals surface area contributed by atoms with Crippen LogP contribution in [0.3, 0.4) is 0 Å². The molecule has 140 valence electrons. The fraction of sp³-hybridized carbons (Fsp3) is 0.400. The van der Waals surface area contributed by atoms with Crippen molar-refractivity contribution in [3.63, 3.8) is 0 Å². The fourth-order valence-electron chi connectivity index (χ4n) is 3.73. The molecule has 1 fully saturated rings. The topological polar surface area (TPSA) is 68.8 Å². The summed E-state index contributed by atoms with van der Waals surface area (Å²) >= 11 is 0. The molecule has 7 heteroatoms. The van der Waals surface area contributed by atoms with Gasteiger partial charge in [-0.15, -0.1) is 0 Å². The molecule has 4 rings (SSSR count). The zero-order chi connectivity index (χ0) is 18.5. The van der Waals surface area contributed by atoms with Gasteiger partial charge in [-0.25, -0.2) is 9.97 Å². The number of aromatic nitrogens is 5. The number of benzene rings is 1. The van der Waals surface area contributed by atoms with E-state index in [9.17, 15) is 4.79 Å². The molecular formula is C20H24N6O. The van der Waals surface area contributed by atoms with Crippen molar-refractivity contribution in [2.75, 3.05) is 13.1 Å². The molecule has 1 atom stereocenters. The molecule has 1 aromatic carbocycles. The van der Waals surface area contributed by atoms with E-state index in [0.717, 1.165) is 38.3 Å². The molecule has 7 nitrogen and oxygen atoms in total. The number of amides is 1. The van der Waals surface area contributed by atoms with Crippen molar-refractivity contribution < 1.29 is 4.79 Å². The summed E-state index contributed by atoms with van der Waals surface area (Å²) in [6.45, 7) is 2.95. The standard InChI is InChI=1S/C20H24N6O/c27-19(8-11-26-16-21-15-23-26)24-10-4-7-18(14-24)20-22-9-12-25(20)13-17-5-2-1-3-6-17/h1-3,5-6,9,12,15-16,18H,4,7-8,10-11,13-14H2. The third-order valence-electron chi connectivity index (χ3n) is 5.10. The highest BCUT2D eigenvalue weighted by molar-refractivity contribution is 5.76. The van der Waals surface area contributed by atoms with Crippen molar-refractivity contribution in [2.24, 2.45) is 0 Å². The number of imidazole rings is 1. The summed E-state index contributed by atoms with van der Waals surface area (Å²) in [6, 6.07) is 10.4. The maximum Gasteiger partial charge on any atom is 0.224 e. The van der Waals surface area contributed by atoms with E-state index in [-0.39, 0.29) is 11.8 Å². The van der Waals surface area contributed by atoms with Crippen LogP contribution in [0, 0.1) is 0 Å². The molecule has 0 bridgehead atoms. The molecular weight excluding hydrogens is 340 g/mol. The van der Waals surface area contributed by atoms with E-state index in [1.807, 2.05) is 23.4 Å². The molecule has 27 heavy (non-hydrogen) atoms. The Kier molecular flexibility index (Phi) is 5.27. The molecule has 2 aromatic heterocycles. The van der Waals surface area contributed by atoms with Gasteiger partial charge in [-0.2, -0.15) is 5.10 Å². The van der Waals surface area contributed by atoms with Gasteiger partial charge in [-0.05, 0) is 18.4 Å². The molecule has 0 N–H and O–H groups in total. The highest BCUT2D eigenvalue weighted by atomic mass is 16.2. The van der Waals surface area contributed by atoms with Gasteiger partial charge >= 0.3 is 0 Å². The minimum atomic E-state index is 0.177. The van der Waals surface area contributed by atoms with Gasteiger partial charge in [0.2, 0.25) is 5.91 Å². The van der Waals surface area contributed by atoms with Gasteiger partial charge in [-0.1, -0.05) is 30.3 Å². The molecule has 1 saturated heterocycles. The minimum Gasteiger partial charge on any atom is -0.342 e. The van der Waals surface area contributed by atoms with E-state index < -0.39 is 0 Å². The van der Waals surface area contributed by atoms with Crippen molar-refractivity contribution in [3.05, 3.63) is 66.8 Å². The second-order valence-electron chi connectivity index (χ2n) is 6.99. The Labute approximate surface area is 158 Å². The van der Waals surface area contributed by atoms with Crippen molar-refractivity contribution in [1.29, 1.82) is 0 Å². The first kappa shape index (κ1) is 17.5. The van der Waals surface area contributed by atoms with E-state index in [1.54, 1.807) is 11.0 Å². The van der Waals surface area contributed by atoms with Gasteiger partial charge in [0.15, 0.2) is 0 Å². The van der Waals surface area contributed by atoms with E-state index >= 15 is 0 Å². The van der Waals surface area contributed by atoms with Crippen molar-refractivity contribution in [1.82, 2.24) is 29.2 Å². The number of hydrogen-bond acceptors (Lipinski definition) is 4. The molecule has 1 amide bonds. The van der Waals surface area contributed by atoms with Crippen LogP contribution in [0.5, 0.6) is 0 Å². The quantitative estimate of drug-likeness (QED) is 0.673. The second kappa shape index (κ2) is 8.16. The highest BCUT2D eigenvalue weighted by Gasteiger charge is 2.27. The van der Waals surface area contributed by atoms with Crippen LogP contribution in [0.4, 0.5) is 0 Å². The van der Waals surface area contributed by atoms with Crippen molar-refractivity contribution in [3.8, 4) is 0 Å². The van der Waals surface area contributed by atoms with Gasteiger partial charge in [0, 0.05) is 44.4 Å². The van der Waals surface area contributed by atoms with Crippen LogP contribution < -0.4 is 0 Å². The van der Waals surface area contributed by atoms with Gasteiger partial charge in [-0.3, -0.25) is 9.48 Å². The predicted octanol–water partition coefficient (Wildman–Crippen LogP) is 2.32. The van der Waals surface area contributed by atoms with Gasteiger partial charge in [0.05, 0.1) is 6.54 Å². The lowest BCUT2D eigenvalue weighted by Crippen LogP contribution is -2.40. The number of piperidine rings is 1.